The van der Waals surface area contributed by atoms with Crippen molar-refractivity contribution in [1.29, 1.82) is 0 Å². The zero-order valence-electron chi connectivity index (χ0n) is 18.3. The quantitative estimate of drug-likeness (QED) is 0.733. The Hall–Kier alpha value is -2.17. The molecule has 2 aromatic rings. The minimum Gasteiger partial charge on any atom is -0.326 e. The van der Waals surface area contributed by atoms with Crippen LogP contribution in [0.25, 0.3) is 0 Å². The zero-order chi connectivity index (χ0) is 20.8. The molecule has 2 aliphatic heterocycles. The summed E-state index contributed by atoms with van der Waals surface area (Å²) in [5.74, 6) is -0.0187. The van der Waals surface area contributed by atoms with E-state index in [1.807, 2.05) is 12.1 Å². The van der Waals surface area contributed by atoms with Crippen LogP contribution < -0.4 is 5.32 Å². The third-order valence-corrected chi connectivity index (χ3v) is 6.72. The summed E-state index contributed by atoms with van der Waals surface area (Å²) in [5, 5.41) is 2.85. The van der Waals surface area contributed by atoms with Gasteiger partial charge in [-0.05, 0) is 80.4 Å². The SMILES string of the molecule is CC(=O)Nc1ccc(CN2CCC3(CCCN(CCCc4ccccc4)C3)C2)cc1. The third kappa shape index (κ3) is 5.71. The molecule has 2 fully saturated rings. The van der Waals surface area contributed by atoms with Gasteiger partial charge >= 0.3 is 0 Å². The number of carbonyl (C=O) groups excluding carboxylic acids is 1. The largest absolute Gasteiger partial charge is 0.326 e. The maximum Gasteiger partial charge on any atom is 0.221 e. The number of amides is 1. The van der Waals surface area contributed by atoms with E-state index in [0.717, 1.165) is 12.2 Å². The van der Waals surface area contributed by atoms with Crippen LogP contribution in [-0.2, 0) is 17.8 Å². The Labute approximate surface area is 181 Å². The Morgan fingerprint density at radius 1 is 0.933 bits per heavy atom. The summed E-state index contributed by atoms with van der Waals surface area (Å²) in [6.07, 6.45) is 6.48. The number of anilines is 1. The first-order valence-electron chi connectivity index (χ1n) is 11.5. The Balaban J connectivity index is 1.25. The number of hydrogen-bond donors (Lipinski definition) is 1. The van der Waals surface area contributed by atoms with E-state index in [9.17, 15) is 4.79 Å². The molecule has 2 saturated heterocycles. The number of piperidine rings is 1. The lowest BCUT2D eigenvalue weighted by atomic mass is 9.79. The van der Waals surface area contributed by atoms with Crippen molar-refractivity contribution in [3.05, 3.63) is 65.7 Å². The molecular formula is C26H35N3O. The van der Waals surface area contributed by atoms with Gasteiger partial charge in [0, 0.05) is 32.2 Å². The fraction of sp³-hybridized carbons (Fsp3) is 0.500. The highest BCUT2D eigenvalue weighted by Crippen LogP contribution is 2.39. The lowest BCUT2D eigenvalue weighted by Gasteiger charge is -2.40. The normalized spacial score (nSPS) is 22.4. The minimum atomic E-state index is -0.0187. The van der Waals surface area contributed by atoms with Crippen molar-refractivity contribution in [2.45, 2.75) is 45.6 Å². The van der Waals surface area contributed by atoms with E-state index in [-0.39, 0.29) is 5.91 Å². The second-order valence-corrected chi connectivity index (χ2v) is 9.31. The molecule has 0 bridgehead atoms. The monoisotopic (exact) mass is 405 g/mol. The van der Waals surface area contributed by atoms with E-state index >= 15 is 0 Å². The molecule has 1 amide bonds. The van der Waals surface area contributed by atoms with Crippen molar-refractivity contribution in [2.75, 3.05) is 38.0 Å². The van der Waals surface area contributed by atoms with Crippen LogP contribution in [0.2, 0.25) is 0 Å². The van der Waals surface area contributed by atoms with Crippen LogP contribution in [0, 0.1) is 5.41 Å². The van der Waals surface area contributed by atoms with Crippen LogP contribution in [0.5, 0.6) is 0 Å². The molecule has 0 aliphatic carbocycles. The molecule has 4 nitrogen and oxygen atoms in total. The Kier molecular flexibility index (Phi) is 6.86. The number of nitrogens with one attached hydrogen (secondary N) is 1. The molecule has 2 aromatic carbocycles. The van der Waals surface area contributed by atoms with E-state index in [1.165, 1.54) is 76.0 Å². The van der Waals surface area contributed by atoms with Gasteiger partial charge in [0.1, 0.15) is 0 Å². The van der Waals surface area contributed by atoms with Gasteiger partial charge in [-0.1, -0.05) is 42.5 Å². The maximum absolute atomic E-state index is 11.2. The van der Waals surface area contributed by atoms with E-state index in [0.29, 0.717) is 5.41 Å². The fourth-order valence-electron chi connectivity index (χ4n) is 5.30. The number of nitrogens with zero attached hydrogens (tertiary/aromatic N) is 2. The van der Waals surface area contributed by atoms with E-state index < -0.39 is 0 Å². The lowest BCUT2D eigenvalue weighted by molar-refractivity contribution is -0.114. The van der Waals surface area contributed by atoms with Crippen LogP contribution in [0.15, 0.2) is 54.6 Å². The van der Waals surface area contributed by atoms with Crippen LogP contribution in [-0.4, -0.2) is 48.4 Å². The standard InChI is InChI=1S/C26H35N3O/c1-22(30)27-25-12-10-24(11-13-25)19-29-18-15-26(21-29)14-6-17-28(20-26)16-5-9-23-7-3-2-4-8-23/h2-4,7-8,10-13H,5-6,9,14-21H2,1H3,(H,27,30). The van der Waals surface area contributed by atoms with E-state index in [2.05, 4.69) is 57.6 Å². The Morgan fingerprint density at radius 2 is 1.70 bits per heavy atom. The first-order valence-corrected chi connectivity index (χ1v) is 11.5. The number of hydrogen-bond acceptors (Lipinski definition) is 3. The topological polar surface area (TPSA) is 35.6 Å². The van der Waals surface area contributed by atoms with Crippen LogP contribution >= 0.6 is 0 Å². The molecule has 30 heavy (non-hydrogen) atoms. The molecule has 1 atom stereocenters. The summed E-state index contributed by atoms with van der Waals surface area (Å²) in [7, 11) is 0. The van der Waals surface area contributed by atoms with E-state index in [1.54, 1.807) is 6.92 Å². The zero-order valence-corrected chi connectivity index (χ0v) is 18.3. The Bertz CT molecular complexity index is 820. The summed E-state index contributed by atoms with van der Waals surface area (Å²) in [4.78, 5) is 16.5. The van der Waals surface area contributed by atoms with Crippen LogP contribution in [0.3, 0.4) is 0 Å². The van der Waals surface area contributed by atoms with E-state index in [4.69, 9.17) is 0 Å². The molecule has 4 heteroatoms. The average molecular weight is 406 g/mol. The van der Waals surface area contributed by atoms with Crippen molar-refractivity contribution >= 4 is 11.6 Å². The molecule has 0 saturated carbocycles. The predicted molar refractivity (Wildman–Crippen MR) is 124 cm³/mol. The summed E-state index contributed by atoms with van der Waals surface area (Å²) in [5.41, 5.74) is 4.15. The van der Waals surface area contributed by atoms with Crippen molar-refractivity contribution in [3.8, 4) is 0 Å². The summed E-state index contributed by atoms with van der Waals surface area (Å²) in [6.45, 7) is 8.73. The maximum atomic E-state index is 11.2. The van der Waals surface area contributed by atoms with Crippen molar-refractivity contribution in [2.24, 2.45) is 5.41 Å². The summed E-state index contributed by atoms with van der Waals surface area (Å²) < 4.78 is 0. The predicted octanol–water partition coefficient (Wildman–Crippen LogP) is 4.57. The summed E-state index contributed by atoms with van der Waals surface area (Å²) >= 11 is 0. The van der Waals surface area contributed by atoms with Gasteiger partial charge in [0.15, 0.2) is 0 Å². The summed E-state index contributed by atoms with van der Waals surface area (Å²) in [6, 6.07) is 19.2. The van der Waals surface area contributed by atoms with Gasteiger partial charge in [-0.25, -0.2) is 0 Å². The van der Waals surface area contributed by atoms with Gasteiger partial charge < -0.3 is 10.2 Å². The van der Waals surface area contributed by atoms with Crippen molar-refractivity contribution < 1.29 is 4.79 Å². The van der Waals surface area contributed by atoms with Crippen LogP contribution in [0.1, 0.15) is 43.7 Å². The Morgan fingerprint density at radius 3 is 2.47 bits per heavy atom. The van der Waals surface area contributed by atoms with Crippen molar-refractivity contribution in [1.82, 2.24) is 9.80 Å². The van der Waals surface area contributed by atoms with Crippen molar-refractivity contribution in [3.63, 3.8) is 0 Å². The first-order chi connectivity index (χ1) is 14.6. The van der Waals surface area contributed by atoms with Gasteiger partial charge in [-0.3, -0.25) is 9.69 Å². The highest BCUT2D eigenvalue weighted by Gasteiger charge is 2.40. The fourth-order valence-corrected chi connectivity index (χ4v) is 5.30. The third-order valence-electron chi connectivity index (χ3n) is 6.72. The number of rotatable bonds is 7. The molecule has 2 aliphatic rings. The molecular weight excluding hydrogens is 370 g/mol. The molecule has 4 rings (SSSR count). The lowest BCUT2D eigenvalue weighted by Crippen LogP contribution is -2.45. The van der Waals surface area contributed by atoms with Gasteiger partial charge in [0.05, 0.1) is 0 Å². The molecule has 0 radical (unpaired) electrons. The van der Waals surface area contributed by atoms with Gasteiger partial charge in [-0.2, -0.15) is 0 Å². The second kappa shape index (κ2) is 9.76. The first kappa shape index (κ1) is 21.1. The molecule has 2 heterocycles. The number of aryl methyl sites for hydroxylation is 1. The highest BCUT2D eigenvalue weighted by atomic mass is 16.1. The highest BCUT2D eigenvalue weighted by molar-refractivity contribution is 5.88. The number of benzene rings is 2. The van der Waals surface area contributed by atoms with Gasteiger partial charge in [0.2, 0.25) is 5.91 Å². The molecule has 1 N–H and O–H groups in total. The van der Waals surface area contributed by atoms with Gasteiger partial charge in [-0.15, -0.1) is 0 Å². The molecule has 1 unspecified atom stereocenters. The molecule has 0 aromatic heterocycles. The number of carbonyl (C=O) groups is 1. The second-order valence-electron chi connectivity index (χ2n) is 9.31. The smallest absolute Gasteiger partial charge is 0.221 e. The number of likely N-dealkylation sites (tertiary alicyclic amines) is 2. The molecule has 160 valence electrons. The van der Waals surface area contributed by atoms with Crippen LogP contribution in [0.4, 0.5) is 5.69 Å². The minimum absolute atomic E-state index is 0.0187. The average Bonchev–Trinajstić information content (AvgIpc) is 3.11. The molecule has 1 spiro atoms. The van der Waals surface area contributed by atoms with Gasteiger partial charge in [0.25, 0.3) is 0 Å².